The zero-order valence-electron chi connectivity index (χ0n) is 10.8. The average molecular weight is 214 g/mol. The van der Waals surface area contributed by atoms with Crippen LogP contribution in [0, 0.1) is 11.3 Å². The van der Waals surface area contributed by atoms with E-state index in [1.165, 1.54) is 6.42 Å². The second kappa shape index (κ2) is 6.11. The van der Waals surface area contributed by atoms with Gasteiger partial charge in [0.15, 0.2) is 0 Å². The van der Waals surface area contributed by atoms with Gasteiger partial charge in [0.2, 0.25) is 5.91 Å². The molecule has 0 spiro atoms. The van der Waals surface area contributed by atoms with Gasteiger partial charge in [-0.2, -0.15) is 0 Å². The topological polar surface area (TPSA) is 46.3 Å². The minimum absolute atomic E-state index is 0.147. The van der Waals surface area contributed by atoms with Gasteiger partial charge in [-0.1, -0.05) is 13.8 Å². The van der Waals surface area contributed by atoms with E-state index < -0.39 is 5.41 Å². The van der Waals surface area contributed by atoms with Gasteiger partial charge in [0, 0.05) is 20.1 Å². The molecule has 15 heavy (non-hydrogen) atoms. The Morgan fingerprint density at radius 2 is 1.93 bits per heavy atom. The van der Waals surface area contributed by atoms with E-state index in [4.69, 9.17) is 5.73 Å². The lowest BCUT2D eigenvalue weighted by molar-refractivity contribution is -0.138. The largest absolute Gasteiger partial charge is 0.345 e. The van der Waals surface area contributed by atoms with E-state index in [9.17, 15) is 4.79 Å². The maximum Gasteiger partial charge on any atom is 0.229 e. The molecule has 0 fully saturated rings. The molecule has 0 heterocycles. The Balaban J connectivity index is 4.00. The van der Waals surface area contributed by atoms with Crippen LogP contribution in [0.25, 0.3) is 0 Å². The van der Waals surface area contributed by atoms with Crippen LogP contribution in [-0.4, -0.2) is 30.9 Å². The zero-order chi connectivity index (χ0) is 12.1. The molecule has 0 saturated carbocycles. The van der Waals surface area contributed by atoms with Crippen LogP contribution in [0.2, 0.25) is 0 Å². The summed E-state index contributed by atoms with van der Waals surface area (Å²) in [5.41, 5.74) is 5.15. The number of amides is 1. The van der Waals surface area contributed by atoms with Gasteiger partial charge in [0.25, 0.3) is 0 Å². The van der Waals surface area contributed by atoms with Crippen molar-refractivity contribution in [2.45, 2.75) is 40.5 Å². The van der Waals surface area contributed by atoms with Crippen molar-refractivity contribution in [3.05, 3.63) is 0 Å². The molecule has 3 nitrogen and oxygen atoms in total. The molecule has 0 atom stereocenters. The van der Waals surface area contributed by atoms with Gasteiger partial charge < -0.3 is 10.6 Å². The molecular weight excluding hydrogens is 188 g/mol. The number of carbonyl (C=O) groups excluding carboxylic acids is 1. The van der Waals surface area contributed by atoms with Crippen LogP contribution in [0.1, 0.15) is 40.5 Å². The van der Waals surface area contributed by atoms with Crippen molar-refractivity contribution >= 4 is 5.91 Å². The number of nitrogens with two attached hydrogens (primary N) is 1. The molecule has 1 amide bonds. The number of carbonyl (C=O) groups is 1. The molecule has 0 aromatic rings. The third-order valence-corrected chi connectivity index (χ3v) is 2.71. The number of hydrogen-bond acceptors (Lipinski definition) is 2. The number of rotatable bonds is 6. The second-order valence-corrected chi connectivity index (χ2v) is 5.35. The summed E-state index contributed by atoms with van der Waals surface area (Å²) in [6, 6.07) is 0. The summed E-state index contributed by atoms with van der Waals surface area (Å²) in [5, 5.41) is 0. The molecule has 0 aromatic carbocycles. The van der Waals surface area contributed by atoms with Gasteiger partial charge in [-0.25, -0.2) is 0 Å². The third-order valence-electron chi connectivity index (χ3n) is 2.71. The van der Waals surface area contributed by atoms with Crippen molar-refractivity contribution in [3.63, 3.8) is 0 Å². The van der Waals surface area contributed by atoms with Crippen LogP contribution >= 0.6 is 0 Å². The number of hydrogen-bond donors (Lipinski definition) is 1. The fourth-order valence-corrected chi connectivity index (χ4v) is 1.44. The van der Waals surface area contributed by atoms with Crippen molar-refractivity contribution in [2.75, 3.05) is 20.1 Å². The highest BCUT2D eigenvalue weighted by atomic mass is 16.2. The quantitative estimate of drug-likeness (QED) is 0.733. The standard InChI is InChI=1S/C12H26N2O/c1-10(2)7-6-8-14(5)11(15)12(3,4)9-13/h10H,6-9,13H2,1-5H3. The first-order valence-electron chi connectivity index (χ1n) is 5.77. The Hall–Kier alpha value is -0.570. The van der Waals surface area contributed by atoms with Crippen LogP contribution in [0.5, 0.6) is 0 Å². The summed E-state index contributed by atoms with van der Waals surface area (Å²) in [7, 11) is 1.86. The van der Waals surface area contributed by atoms with Crippen LogP contribution in [0.4, 0.5) is 0 Å². The Bertz CT molecular complexity index is 200. The summed E-state index contributed by atoms with van der Waals surface area (Å²) in [6.07, 6.45) is 2.24. The molecule has 0 saturated heterocycles. The van der Waals surface area contributed by atoms with Crippen molar-refractivity contribution in [2.24, 2.45) is 17.1 Å². The predicted molar refractivity (Wildman–Crippen MR) is 64.5 cm³/mol. The Labute approximate surface area is 94.0 Å². The molecule has 0 aliphatic carbocycles. The molecule has 0 rings (SSSR count). The lowest BCUT2D eigenvalue weighted by atomic mass is 9.92. The smallest absolute Gasteiger partial charge is 0.229 e. The van der Waals surface area contributed by atoms with Gasteiger partial charge in [-0.15, -0.1) is 0 Å². The lowest BCUT2D eigenvalue weighted by Crippen LogP contribution is -2.43. The third kappa shape index (κ3) is 5.17. The van der Waals surface area contributed by atoms with Gasteiger partial charge in [0.05, 0.1) is 5.41 Å². The zero-order valence-corrected chi connectivity index (χ0v) is 10.8. The fourth-order valence-electron chi connectivity index (χ4n) is 1.44. The van der Waals surface area contributed by atoms with Crippen LogP contribution in [0.15, 0.2) is 0 Å². The van der Waals surface area contributed by atoms with E-state index >= 15 is 0 Å². The van der Waals surface area contributed by atoms with E-state index in [-0.39, 0.29) is 5.91 Å². The first-order chi connectivity index (χ1) is 6.81. The molecule has 0 aliphatic rings. The van der Waals surface area contributed by atoms with Gasteiger partial charge >= 0.3 is 0 Å². The van der Waals surface area contributed by atoms with Crippen molar-refractivity contribution in [1.29, 1.82) is 0 Å². The van der Waals surface area contributed by atoms with E-state index in [0.717, 1.165) is 13.0 Å². The van der Waals surface area contributed by atoms with E-state index in [1.807, 2.05) is 20.9 Å². The van der Waals surface area contributed by atoms with Gasteiger partial charge in [-0.3, -0.25) is 4.79 Å². The van der Waals surface area contributed by atoms with Gasteiger partial charge in [-0.05, 0) is 32.6 Å². The Kier molecular flexibility index (Phi) is 5.88. The van der Waals surface area contributed by atoms with Crippen LogP contribution in [-0.2, 0) is 4.79 Å². The average Bonchev–Trinajstić information content (AvgIpc) is 2.15. The lowest BCUT2D eigenvalue weighted by Gasteiger charge is -2.28. The summed E-state index contributed by atoms with van der Waals surface area (Å²) >= 11 is 0. The summed E-state index contributed by atoms with van der Waals surface area (Å²) in [4.78, 5) is 13.7. The van der Waals surface area contributed by atoms with E-state index in [0.29, 0.717) is 12.5 Å². The molecule has 0 bridgehead atoms. The predicted octanol–water partition coefficient (Wildman–Crippen LogP) is 1.87. The molecule has 0 unspecified atom stereocenters. The first-order valence-corrected chi connectivity index (χ1v) is 5.77. The highest BCUT2D eigenvalue weighted by molar-refractivity contribution is 5.81. The molecule has 2 N–H and O–H groups in total. The molecule has 0 aromatic heterocycles. The molecule has 0 aliphatic heterocycles. The SMILES string of the molecule is CC(C)CCCN(C)C(=O)C(C)(C)CN. The first kappa shape index (κ1) is 14.4. The number of nitrogens with zero attached hydrogens (tertiary/aromatic N) is 1. The van der Waals surface area contributed by atoms with Crippen molar-refractivity contribution in [1.82, 2.24) is 4.90 Å². The Morgan fingerprint density at radius 1 is 1.40 bits per heavy atom. The minimum Gasteiger partial charge on any atom is -0.345 e. The Morgan fingerprint density at radius 3 is 2.33 bits per heavy atom. The van der Waals surface area contributed by atoms with E-state index in [2.05, 4.69) is 13.8 Å². The molecular formula is C12H26N2O. The van der Waals surface area contributed by atoms with E-state index in [1.54, 1.807) is 4.90 Å². The molecule has 3 heteroatoms. The fraction of sp³-hybridized carbons (Fsp3) is 0.917. The van der Waals surface area contributed by atoms with Crippen molar-refractivity contribution < 1.29 is 4.79 Å². The maximum absolute atomic E-state index is 11.9. The summed E-state index contributed by atoms with van der Waals surface area (Å²) < 4.78 is 0. The maximum atomic E-state index is 11.9. The van der Waals surface area contributed by atoms with Crippen LogP contribution in [0.3, 0.4) is 0 Å². The normalized spacial score (nSPS) is 11.9. The molecule has 0 radical (unpaired) electrons. The summed E-state index contributed by atoms with van der Waals surface area (Å²) in [5.74, 6) is 0.852. The molecule has 90 valence electrons. The summed E-state index contributed by atoms with van der Waals surface area (Å²) in [6.45, 7) is 9.43. The highest BCUT2D eigenvalue weighted by Crippen LogP contribution is 2.16. The highest BCUT2D eigenvalue weighted by Gasteiger charge is 2.28. The minimum atomic E-state index is -0.424. The van der Waals surface area contributed by atoms with Gasteiger partial charge in [0.1, 0.15) is 0 Å². The van der Waals surface area contributed by atoms with Crippen LogP contribution < -0.4 is 5.73 Å². The monoisotopic (exact) mass is 214 g/mol. The second-order valence-electron chi connectivity index (χ2n) is 5.35. The van der Waals surface area contributed by atoms with Crippen molar-refractivity contribution in [3.8, 4) is 0 Å².